The van der Waals surface area contributed by atoms with Crippen molar-refractivity contribution in [1.29, 1.82) is 0 Å². The molecule has 2 atom stereocenters. The first kappa shape index (κ1) is 13.2. The van der Waals surface area contributed by atoms with Crippen LogP contribution in [-0.2, 0) is 4.74 Å². The zero-order chi connectivity index (χ0) is 12.5. The molecule has 2 rings (SSSR count). The monoisotopic (exact) mass is 274 g/mol. The smallest absolute Gasteiger partial charge is 0.108 e. The van der Waals surface area contributed by atoms with Crippen LogP contribution in [0.4, 0.5) is 0 Å². The molecule has 0 aliphatic carbocycles. The van der Waals surface area contributed by atoms with E-state index in [0.29, 0.717) is 16.7 Å². The lowest BCUT2D eigenvalue weighted by atomic mass is 9.86. The van der Waals surface area contributed by atoms with Gasteiger partial charge in [-0.25, -0.2) is 0 Å². The zero-order valence-corrected chi connectivity index (χ0v) is 11.3. The van der Waals surface area contributed by atoms with Crippen molar-refractivity contribution in [1.82, 2.24) is 0 Å². The molecule has 0 amide bonds. The molecule has 1 aliphatic rings. The molecule has 1 aliphatic heterocycles. The maximum Gasteiger partial charge on any atom is 0.108 e. The number of benzene rings is 1. The second kappa shape index (κ2) is 5.15. The van der Waals surface area contributed by atoms with E-state index in [9.17, 15) is 5.11 Å². The highest BCUT2D eigenvalue weighted by molar-refractivity contribution is 6.42. The maximum atomic E-state index is 10.4. The second-order valence-corrected chi connectivity index (χ2v) is 5.51. The Kier molecular flexibility index (Phi) is 3.99. The minimum Gasteiger partial charge on any atom is -0.385 e. The van der Waals surface area contributed by atoms with Crippen molar-refractivity contribution in [3.63, 3.8) is 0 Å². The minimum atomic E-state index is -0.669. The fraction of sp³-hybridized carbons (Fsp3) is 0.538. The molecule has 1 N–H and O–H groups in total. The average molecular weight is 275 g/mol. The van der Waals surface area contributed by atoms with Crippen molar-refractivity contribution >= 4 is 23.2 Å². The number of ether oxygens (including phenoxy) is 1. The van der Waals surface area contributed by atoms with E-state index in [1.165, 1.54) is 0 Å². The summed E-state index contributed by atoms with van der Waals surface area (Å²) in [6, 6.07) is 5.20. The molecule has 1 saturated heterocycles. The van der Waals surface area contributed by atoms with Gasteiger partial charge < -0.3 is 9.84 Å². The highest BCUT2D eigenvalue weighted by Gasteiger charge is 2.36. The SMILES string of the molecule is CC1(C(O)c2ccc(Cl)c(Cl)c2)CCCCO1. The van der Waals surface area contributed by atoms with Crippen LogP contribution in [0.2, 0.25) is 10.0 Å². The van der Waals surface area contributed by atoms with Crippen LogP contribution in [0, 0.1) is 0 Å². The minimum absolute atomic E-state index is 0.461. The van der Waals surface area contributed by atoms with Gasteiger partial charge in [-0.15, -0.1) is 0 Å². The highest BCUT2D eigenvalue weighted by Crippen LogP contribution is 2.38. The lowest BCUT2D eigenvalue weighted by molar-refractivity contribution is -0.138. The summed E-state index contributed by atoms with van der Waals surface area (Å²) >= 11 is 11.8. The van der Waals surface area contributed by atoms with Crippen molar-refractivity contribution in [3.8, 4) is 0 Å². The fourth-order valence-corrected chi connectivity index (χ4v) is 2.51. The van der Waals surface area contributed by atoms with E-state index in [1.54, 1.807) is 18.2 Å². The molecule has 94 valence electrons. The number of rotatable bonds is 2. The molecule has 0 bridgehead atoms. The van der Waals surface area contributed by atoms with Crippen LogP contribution in [0.25, 0.3) is 0 Å². The average Bonchev–Trinajstić information content (AvgIpc) is 2.33. The molecule has 0 aromatic heterocycles. The van der Waals surface area contributed by atoms with Crippen molar-refractivity contribution < 1.29 is 9.84 Å². The normalized spacial score (nSPS) is 26.8. The Labute approximate surface area is 111 Å². The van der Waals surface area contributed by atoms with E-state index in [4.69, 9.17) is 27.9 Å². The van der Waals surface area contributed by atoms with Crippen LogP contribution in [0.1, 0.15) is 37.9 Å². The van der Waals surface area contributed by atoms with Crippen LogP contribution < -0.4 is 0 Å². The number of hydrogen-bond donors (Lipinski definition) is 1. The largest absolute Gasteiger partial charge is 0.385 e. The first-order chi connectivity index (χ1) is 8.03. The predicted molar refractivity (Wildman–Crippen MR) is 69.6 cm³/mol. The standard InChI is InChI=1S/C13H16Cl2O2/c1-13(6-2-3-7-17-13)12(16)9-4-5-10(14)11(15)8-9/h4-5,8,12,16H,2-3,6-7H2,1H3. The second-order valence-electron chi connectivity index (χ2n) is 4.69. The van der Waals surface area contributed by atoms with Gasteiger partial charge in [-0.2, -0.15) is 0 Å². The summed E-state index contributed by atoms with van der Waals surface area (Å²) in [5.41, 5.74) is 0.235. The Balaban J connectivity index is 2.23. The first-order valence-corrected chi connectivity index (χ1v) is 6.55. The summed E-state index contributed by atoms with van der Waals surface area (Å²) in [6.07, 6.45) is 2.32. The lowest BCUT2D eigenvalue weighted by Crippen LogP contribution is -2.39. The van der Waals surface area contributed by atoms with Crippen molar-refractivity contribution in [2.75, 3.05) is 6.61 Å². The van der Waals surface area contributed by atoms with Gasteiger partial charge >= 0.3 is 0 Å². The summed E-state index contributed by atoms with van der Waals surface area (Å²) in [7, 11) is 0. The van der Waals surface area contributed by atoms with Crippen molar-refractivity contribution in [3.05, 3.63) is 33.8 Å². The molecule has 1 heterocycles. The van der Waals surface area contributed by atoms with E-state index >= 15 is 0 Å². The molecule has 17 heavy (non-hydrogen) atoms. The van der Waals surface area contributed by atoms with Crippen LogP contribution in [-0.4, -0.2) is 17.3 Å². The van der Waals surface area contributed by atoms with Gasteiger partial charge in [0.25, 0.3) is 0 Å². The molecule has 1 aromatic carbocycles. The number of aliphatic hydroxyl groups excluding tert-OH is 1. The predicted octanol–water partition coefficient (Wildman–Crippen LogP) is 3.99. The third-order valence-electron chi connectivity index (χ3n) is 3.34. The van der Waals surface area contributed by atoms with Gasteiger partial charge in [0, 0.05) is 6.61 Å². The summed E-state index contributed by atoms with van der Waals surface area (Å²) in [5, 5.41) is 11.4. The van der Waals surface area contributed by atoms with E-state index in [0.717, 1.165) is 24.8 Å². The Morgan fingerprint density at radius 2 is 2.06 bits per heavy atom. The zero-order valence-electron chi connectivity index (χ0n) is 9.75. The van der Waals surface area contributed by atoms with Crippen molar-refractivity contribution in [2.45, 2.75) is 37.9 Å². The summed E-state index contributed by atoms with van der Waals surface area (Å²) in [6.45, 7) is 2.65. The first-order valence-electron chi connectivity index (χ1n) is 5.80. The summed E-state index contributed by atoms with van der Waals surface area (Å²) in [4.78, 5) is 0. The summed E-state index contributed by atoms with van der Waals surface area (Å²) < 4.78 is 5.73. The highest BCUT2D eigenvalue weighted by atomic mass is 35.5. The van der Waals surface area contributed by atoms with Crippen LogP contribution in [0.5, 0.6) is 0 Å². The van der Waals surface area contributed by atoms with E-state index in [-0.39, 0.29) is 0 Å². The number of hydrogen-bond acceptors (Lipinski definition) is 2. The third-order valence-corrected chi connectivity index (χ3v) is 4.08. The van der Waals surface area contributed by atoms with Gasteiger partial charge in [0.2, 0.25) is 0 Å². The molecule has 2 unspecified atom stereocenters. The number of halogens is 2. The van der Waals surface area contributed by atoms with E-state index in [2.05, 4.69) is 0 Å². The van der Waals surface area contributed by atoms with Crippen LogP contribution in [0.3, 0.4) is 0 Å². The fourth-order valence-electron chi connectivity index (χ4n) is 2.21. The Morgan fingerprint density at radius 1 is 1.29 bits per heavy atom. The molecule has 1 aromatic rings. The Morgan fingerprint density at radius 3 is 2.65 bits per heavy atom. The van der Waals surface area contributed by atoms with Gasteiger partial charge in [0.05, 0.1) is 15.6 Å². The Hall–Kier alpha value is -0.280. The summed E-state index contributed by atoms with van der Waals surface area (Å²) in [5.74, 6) is 0. The topological polar surface area (TPSA) is 29.5 Å². The van der Waals surface area contributed by atoms with Crippen LogP contribution in [0.15, 0.2) is 18.2 Å². The Bertz CT molecular complexity index is 400. The molecular weight excluding hydrogens is 259 g/mol. The molecule has 1 fully saturated rings. The molecule has 0 saturated carbocycles. The van der Waals surface area contributed by atoms with Gasteiger partial charge in [-0.05, 0) is 43.9 Å². The lowest BCUT2D eigenvalue weighted by Gasteiger charge is -2.38. The van der Waals surface area contributed by atoms with Gasteiger partial charge in [0.1, 0.15) is 6.10 Å². The van der Waals surface area contributed by atoms with E-state index in [1.807, 2.05) is 6.92 Å². The molecule has 4 heteroatoms. The van der Waals surface area contributed by atoms with Crippen molar-refractivity contribution in [2.24, 2.45) is 0 Å². The van der Waals surface area contributed by atoms with Gasteiger partial charge in [-0.1, -0.05) is 29.3 Å². The number of aliphatic hydroxyl groups is 1. The van der Waals surface area contributed by atoms with Gasteiger partial charge in [0.15, 0.2) is 0 Å². The van der Waals surface area contributed by atoms with Gasteiger partial charge in [-0.3, -0.25) is 0 Å². The molecular formula is C13H16Cl2O2. The third kappa shape index (κ3) is 2.76. The van der Waals surface area contributed by atoms with E-state index < -0.39 is 11.7 Å². The quantitative estimate of drug-likeness (QED) is 0.884. The molecule has 0 radical (unpaired) electrons. The molecule has 0 spiro atoms. The van der Waals surface area contributed by atoms with Crippen LogP contribution >= 0.6 is 23.2 Å². The molecule has 2 nitrogen and oxygen atoms in total. The maximum absolute atomic E-state index is 10.4.